The minimum Gasteiger partial charge on any atom is -0.507 e. The minimum absolute atomic E-state index is 0.0370. The number of carbonyl (C=O) groups excluding carboxylic acids is 2. The molecular weight excluding hydrogens is 658 g/mol. The number of phenolic OH excluding ortho intramolecular Hbond substituents is 1. The van der Waals surface area contributed by atoms with Gasteiger partial charge in [-0.2, -0.15) is 5.10 Å². The molecule has 12 nitrogen and oxygen atoms in total. The van der Waals surface area contributed by atoms with Crippen molar-refractivity contribution in [2.24, 2.45) is 0 Å². The van der Waals surface area contributed by atoms with Gasteiger partial charge in [-0.3, -0.25) is 19.8 Å². The number of likely N-dealkylation sites (tertiary alicyclic amines) is 1. The second-order valence-corrected chi connectivity index (χ2v) is 14.0. The number of amides is 2. The Morgan fingerprint density at radius 1 is 0.961 bits per heavy atom. The fraction of sp³-hybridized carbons (Fsp3) is 0.432. The van der Waals surface area contributed by atoms with Crippen LogP contribution in [0.25, 0.3) is 16.9 Å². The summed E-state index contributed by atoms with van der Waals surface area (Å²) in [5.41, 5.74) is 9.77. The van der Waals surface area contributed by atoms with Crippen LogP contribution < -0.4 is 20.7 Å². The van der Waals surface area contributed by atoms with E-state index in [2.05, 4.69) is 31.6 Å². The standard InChI is InChI=1S/C37H40F2N8O4/c38-37(39)21-45(15-14-27(37)23-19-41-47(20-23)31-18-28(43-44-35(31)40)26-4-1-2-7-32(26)48)24-10-8-22(9-11-24)25-5-3-6-29-34(25)51-17-16-46(29)30-12-13-33(49)42-36(30)50/h1-7,18-20,22,24,27,30,48H,8-17,21H2,(H2,40,44)(H,42,49,50)/t22-,24-,27-,30-/m1/s1. The van der Waals surface area contributed by atoms with Crippen LogP contribution in [0.2, 0.25) is 0 Å². The molecule has 4 aliphatic rings. The van der Waals surface area contributed by atoms with Crippen molar-refractivity contribution < 1.29 is 28.2 Å². The first kappa shape index (κ1) is 33.1. The number of aromatic nitrogens is 4. The van der Waals surface area contributed by atoms with Gasteiger partial charge in [-0.15, -0.1) is 10.2 Å². The number of aromatic hydroxyl groups is 1. The van der Waals surface area contributed by atoms with E-state index in [4.69, 9.17) is 10.5 Å². The highest BCUT2D eigenvalue weighted by Gasteiger charge is 2.47. The molecule has 51 heavy (non-hydrogen) atoms. The van der Waals surface area contributed by atoms with Gasteiger partial charge in [0, 0.05) is 24.2 Å². The van der Waals surface area contributed by atoms with Crippen LogP contribution in [0.4, 0.5) is 20.3 Å². The van der Waals surface area contributed by atoms with Crippen LogP contribution >= 0.6 is 0 Å². The maximum Gasteiger partial charge on any atom is 0.267 e. The van der Waals surface area contributed by atoms with E-state index in [-0.39, 0.29) is 41.9 Å². The third kappa shape index (κ3) is 6.26. The second kappa shape index (κ2) is 13.2. The molecule has 0 radical (unpaired) electrons. The molecule has 2 aromatic carbocycles. The number of hydrogen-bond acceptors (Lipinski definition) is 10. The molecule has 3 fully saturated rings. The van der Waals surface area contributed by atoms with Crippen molar-refractivity contribution in [1.82, 2.24) is 30.2 Å². The number of carbonyl (C=O) groups is 2. The van der Waals surface area contributed by atoms with E-state index in [1.54, 1.807) is 36.5 Å². The van der Waals surface area contributed by atoms with E-state index in [0.29, 0.717) is 61.5 Å². The van der Waals surface area contributed by atoms with Gasteiger partial charge in [-0.1, -0.05) is 24.3 Å². The summed E-state index contributed by atoms with van der Waals surface area (Å²) in [4.78, 5) is 28.4. The van der Waals surface area contributed by atoms with E-state index in [0.717, 1.165) is 42.7 Å². The van der Waals surface area contributed by atoms with Crippen LogP contribution in [0.5, 0.6) is 11.5 Å². The number of nitrogens with zero attached hydrogens (tertiary/aromatic N) is 6. The highest BCUT2D eigenvalue weighted by atomic mass is 19.3. The Kier molecular flexibility index (Phi) is 8.57. The lowest BCUT2D eigenvalue weighted by molar-refractivity contribution is -0.134. The summed E-state index contributed by atoms with van der Waals surface area (Å²) in [6.07, 6.45) is 7.46. The molecule has 5 heterocycles. The molecule has 0 spiro atoms. The first-order valence-electron chi connectivity index (χ1n) is 17.6. The van der Waals surface area contributed by atoms with Gasteiger partial charge in [0.25, 0.3) is 5.92 Å². The summed E-state index contributed by atoms with van der Waals surface area (Å²) in [5, 5.41) is 25.2. The molecule has 8 rings (SSSR count). The van der Waals surface area contributed by atoms with Crippen molar-refractivity contribution in [2.75, 3.05) is 36.9 Å². The number of hydrogen-bond donors (Lipinski definition) is 3. The number of para-hydroxylation sites is 2. The molecule has 2 saturated heterocycles. The molecule has 3 aliphatic heterocycles. The molecule has 2 aromatic heterocycles. The molecule has 2 atom stereocenters. The van der Waals surface area contributed by atoms with E-state index in [1.807, 2.05) is 17.0 Å². The normalized spacial score (nSPS) is 25.2. The third-order valence-electron chi connectivity index (χ3n) is 11.0. The summed E-state index contributed by atoms with van der Waals surface area (Å²) in [7, 11) is 0. The third-order valence-corrected chi connectivity index (χ3v) is 11.0. The second-order valence-electron chi connectivity index (χ2n) is 14.0. The Labute approximate surface area is 293 Å². The number of nitrogens with two attached hydrogens (primary N) is 1. The molecule has 14 heteroatoms. The van der Waals surface area contributed by atoms with Gasteiger partial charge >= 0.3 is 0 Å². The molecule has 0 unspecified atom stereocenters. The fourth-order valence-electron chi connectivity index (χ4n) is 8.40. The number of benzene rings is 2. The van der Waals surface area contributed by atoms with Crippen molar-refractivity contribution in [3.8, 4) is 28.4 Å². The van der Waals surface area contributed by atoms with Gasteiger partial charge in [-0.25, -0.2) is 13.5 Å². The zero-order chi connectivity index (χ0) is 35.3. The van der Waals surface area contributed by atoms with Gasteiger partial charge in [0.05, 0.1) is 36.6 Å². The van der Waals surface area contributed by atoms with E-state index in [9.17, 15) is 14.7 Å². The lowest BCUT2D eigenvalue weighted by atomic mass is 9.79. The Bertz CT molecular complexity index is 1960. The number of rotatable bonds is 6. The van der Waals surface area contributed by atoms with Crippen molar-refractivity contribution in [3.05, 3.63) is 72.1 Å². The number of ether oxygens (including phenoxy) is 1. The highest BCUT2D eigenvalue weighted by molar-refractivity contribution is 6.02. The quantitative estimate of drug-likeness (QED) is 0.240. The average Bonchev–Trinajstić information content (AvgIpc) is 3.61. The molecule has 0 bridgehead atoms. The van der Waals surface area contributed by atoms with Crippen LogP contribution in [-0.2, 0) is 9.59 Å². The fourth-order valence-corrected chi connectivity index (χ4v) is 8.40. The lowest BCUT2D eigenvalue weighted by Gasteiger charge is -2.44. The first-order valence-corrected chi connectivity index (χ1v) is 17.6. The Morgan fingerprint density at radius 2 is 1.78 bits per heavy atom. The predicted molar refractivity (Wildman–Crippen MR) is 185 cm³/mol. The number of nitrogens with one attached hydrogen (secondary N) is 1. The van der Waals surface area contributed by atoms with Gasteiger partial charge in [0.2, 0.25) is 11.8 Å². The predicted octanol–water partition coefficient (Wildman–Crippen LogP) is 4.77. The van der Waals surface area contributed by atoms with Gasteiger partial charge in [-0.05, 0) is 86.4 Å². The molecule has 4 N–H and O–H groups in total. The topological polar surface area (TPSA) is 152 Å². The average molecular weight is 699 g/mol. The first-order chi connectivity index (χ1) is 24.7. The summed E-state index contributed by atoms with van der Waals surface area (Å²) in [6.45, 7) is 1.25. The van der Waals surface area contributed by atoms with E-state index >= 15 is 8.78 Å². The number of phenols is 1. The summed E-state index contributed by atoms with van der Waals surface area (Å²) in [5.74, 6) is -3.31. The van der Waals surface area contributed by atoms with Crippen LogP contribution in [0.3, 0.4) is 0 Å². The number of halogens is 2. The largest absolute Gasteiger partial charge is 0.507 e. The maximum absolute atomic E-state index is 15.9. The number of nitrogen functional groups attached to an aromatic ring is 1. The Balaban J connectivity index is 0.922. The minimum atomic E-state index is -2.96. The molecule has 2 amide bonds. The monoisotopic (exact) mass is 698 g/mol. The molecule has 1 aliphatic carbocycles. The van der Waals surface area contributed by atoms with E-state index < -0.39 is 17.9 Å². The van der Waals surface area contributed by atoms with Crippen LogP contribution in [-0.4, -0.2) is 86.0 Å². The number of anilines is 2. The maximum atomic E-state index is 15.9. The lowest BCUT2D eigenvalue weighted by Crippen LogP contribution is -2.54. The molecule has 1 saturated carbocycles. The smallest absolute Gasteiger partial charge is 0.267 e. The van der Waals surface area contributed by atoms with Crippen LogP contribution in [0, 0.1) is 0 Å². The van der Waals surface area contributed by atoms with Crippen molar-refractivity contribution in [2.45, 2.75) is 74.8 Å². The zero-order valence-corrected chi connectivity index (χ0v) is 28.0. The summed E-state index contributed by atoms with van der Waals surface area (Å²) >= 11 is 0. The molecule has 4 aromatic rings. The van der Waals surface area contributed by atoms with Crippen molar-refractivity contribution >= 4 is 23.3 Å². The summed E-state index contributed by atoms with van der Waals surface area (Å²) < 4.78 is 39.5. The SMILES string of the molecule is Nc1nnc(-c2ccccc2O)cc1-n1cc([C@H]2CCN([C@H]3CC[C@H](c4cccc5c4OCCN5[C@@H]4CCC(=O)NC4=O)CC3)CC2(F)F)cn1. The van der Waals surface area contributed by atoms with Crippen LogP contribution in [0.15, 0.2) is 60.9 Å². The number of alkyl halides is 2. The number of piperidine rings is 2. The zero-order valence-electron chi connectivity index (χ0n) is 28.0. The number of fused-ring (bicyclic) bond motifs is 1. The Hall–Kier alpha value is -5.11. The van der Waals surface area contributed by atoms with Gasteiger partial charge in [0.15, 0.2) is 5.82 Å². The van der Waals surface area contributed by atoms with Gasteiger partial charge < -0.3 is 20.5 Å². The van der Waals surface area contributed by atoms with Gasteiger partial charge in [0.1, 0.15) is 29.8 Å². The molecular formula is C37H40F2N8O4. The Morgan fingerprint density at radius 3 is 2.57 bits per heavy atom. The molecule has 266 valence electrons. The van der Waals surface area contributed by atoms with Crippen LogP contribution in [0.1, 0.15) is 67.9 Å². The highest BCUT2D eigenvalue weighted by Crippen LogP contribution is 2.47. The van der Waals surface area contributed by atoms with E-state index in [1.165, 1.54) is 10.9 Å². The van der Waals surface area contributed by atoms with Crippen molar-refractivity contribution in [3.63, 3.8) is 0 Å². The number of imide groups is 1. The van der Waals surface area contributed by atoms with Crippen molar-refractivity contribution in [1.29, 1.82) is 0 Å². The summed E-state index contributed by atoms with van der Waals surface area (Å²) in [6, 6.07) is 14.1.